The Morgan fingerprint density at radius 1 is 1.33 bits per heavy atom. The maximum atomic E-state index is 9.96. The predicted octanol–water partition coefficient (Wildman–Crippen LogP) is 2.78. The molecular weight excluding hydrogens is 256 g/mol. The molecule has 0 fully saturated rings. The second-order valence-corrected chi connectivity index (χ2v) is 5.07. The van der Waals surface area contributed by atoms with E-state index in [9.17, 15) is 5.11 Å². The van der Waals surface area contributed by atoms with Crippen molar-refractivity contribution in [3.8, 4) is 0 Å². The van der Waals surface area contributed by atoms with Crippen LogP contribution in [0.5, 0.6) is 0 Å². The van der Waals surface area contributed by atoms with Gasteiger partial charge in [-0.2, -0.15) is 0 Å². The summed E-state index contributed by atoms with van der Waals surface area (Å²) < 4.78 is 6.28. The minimum Gasteiger partial charge on any atom is -0.390 e. The number of methoxy groups -OCH3 is 1. The molecule has 0 aromatic heterocycles. The van der Waals surface area contributed by atoms with Gasteiger partial charge < -0.3 is 9.84 Å². The van der Waals surface area contributed by atoms with E-state index in [1.807, 2.05) is 38.1 Å². The molecule has 0 radical (unpaired) electrons. The molecule has 0 amide bonds. The molecule has 0 bridgehead atoms. The molecule has 1 aromatic carbocycles. The number of hydrogen-bond donors (Lipinski definition) is 1. The van der Waals surface area contributed by atoms with Crippen molar-refractivity contribution >= 4 is 15.9 Å². The summed E-state index contributed by atoms with van der Waals surface area (Å²) in [7, 11) is 1.62. The summed E-state index contributed by atoms with van der Waals surface area (Å²) in [6, 6.07) is 7.95. The number of aliphatic hydroxyl groups excluding tert-OH is 1. The standard InChI is InChI=1S/C12H17BrO2/c1-12(2,15-3)11(14)8-9-4-6-10(13)7-5-9/h4-7,11,14H,8H2,1-3H3. The van der Waals surface area contributed by atoms with Crippen LogP contribution in [0.25, 0.3) is 0 Å². The van der Waals surface area contributed by atoms with Crippen LogP contribution in [0, 0.1) is 0 Å². The molecule has 0 heterocycles. The summed E-state index contributed by atoms with van der Waals surface area (Å²) in [5.74, 6) is 0. The van der Waals surface area contributed by atoms with Crippen LogP contribution >= 0.6 is 15.9 Å². The van der Waals surface area contributed by atoms with Crippen LogP contribution in [0.3, 0.4) is 0 Å². The fourth-order valence-electron chi connectivity index (χ4n) is 1.23. The highest BCUT2D eigenvalue weighted by Gasteiger charge is 2.27. The number of benzene rings is 1. The first-order chi connectivity index (χ1) is 6.95. The Hall–Kier alpha value is -0.380. The molecule has 1 unspecified atom stereocenters. The molecule has 2 nitrogen and oxygen atoms in total. The van der Waals surface area contributed by atoms with Crippen molar-refractivity contribution in [1.82, 2.24) is 0 Å². The van der Waals surface area contributed by atoms with E-state index >= 15 is 0 Å². The first-order valence-electron chi connectivity index (χ1n) is 4.93. The van der Waals surface area contributed by atoms with Crippen LogP contribution < -0.4 is 0 Å². The second-order valence-electron chi connectivity index (χ2n) is 4.15. The molecule has 0 saturated carbocycles. The first-order valence-corrected chi connectivity index (χ1v) is 5.72. The number of rotatable bonds is 4. The third-order valence-corrected chi connectivity index (χ3v) is 3.20. The van der Waals surface area contributed by atoms with Crippen LogP contribution in [0.2, 0.25) is 0 Å². The Bertz CT molecular complexity index is 306. The highest BCUT2D eigenvalue weighted by Crippen LogP contribution is 2.19. The van der Waals surface area contributed by atoms with Gasteiger partial charge in [-0.15, -0.1) is 0 Å². The summed E-state index contributed by atoms with van der Waals surface area (Å²) in [4.78, 5) is 0. The lowest BCUT2D eigenvalue weighted by Crippen LogP contribution is -2.39. The Kier molecular flexibility index (Phi) is 4.32. The third-order valence-electron chi connectivity index (χ3n) is 2.67. The maximum absolute atomic E-state index is 9.96. The molecule has 0 spiro atoms. The quantitative estimate of drug-likeness (QED) is 0.914. The Balaban J connectivity index is 2.66. The van der Waals surface area contributed by atoms with Gasteiger partial charge >= 0.3 is 0 Å². The van der Waals surface area contributed by atoms with Gasteiger partial charge in [-0.1, -0.05) is 28.1 Å². The molecule has 0 aliphatic carbocycles. The molecule has 0 aliphatic heterocycles. The van der Waals surface area contributed by atoms with Crippen LogP contribution in [0.1, 0.15) is 19.4 Å². The third kappa shape index (κ3) is 3.59. The van der Waals surface area contributed by atoms with Crippen LogP contribution in [-0.4, -0.2) is 23.9 Å². The molecular formula is C12H17BrO2. The lowest BCUT2D eigenvalue weighted by molar-refractivity contribution is -0.0764. The van der Waals surface area contributed by atoms with Gasteiger partial charge in [-0.05, 0) is 31.5 Å². The van der Waals surface area contributed by atoms with E-state index in [1.54, 1.807) is 7.11 Å². The monoisotopic (exact) mass is 272 g/mol. The number of hydrogen-bond acceptors (Lipinski definition) is 2. The van der Waals surface area contributed by atoms with Gasteiger partial charge in [0.1, 0.15) is 0 Å². The molecule has 3 heteroatoms. The van der Waals surface area contributed by atoms with Gasteiger partial charge in [-0.3, -0.25) is 0 Å². The first kappa shape index (κ1) is 12.7. The van der Waals surface area contributed by atoms with Crippen molar-refractivity contribution in [3.63, 3.8) is 0 Å². The van der Waals surface area contributed by atoms with E-state index in [2.05, 4.69) is 15.9 Å². The highest BCUT2D eigenvalue weighted by atomic mass is 79.9. The van der Waals surface area contributed by atoms with Crippen molar-refractivity contribution in [2.75, 3.05) is 7.11 Å². The number of ether oxygens (including phenoxy) is 1. The Labute approximate surface area is 99.4 Å². The summed E-state index contributed by atoms with van der Waals surface area (Å²) >= 11 is 3.38. The lowest BCUT2D eigenvalue weighted by Gasteiger charge is -2.29. The van der Waals surface area contributed by atoms with Crippen molar-refractivity contribution in [1.29, 1.82) is 0 Å². The zero-order chi connectivity index (χ0) is 11.5. The molecule has 0 aliphatic rings. The van der Waals surface area contributed by atoms with Crippen LogP contribution in [0.15, 0.2) is 28.7 Å². The molecule has 1 atom stereocenters. The Morgan fingerprint density at radius 2 is 1.87 bits per heavy atom. The molecule has 1 rings (SSSR count). The smallest absolute Gasteiger partial charge is 0.0883 e. The lowest BCUT2D eigenvalue weighted by atomic mass is 9.95. The summed E-state index contributed by atoms with van der Waals surface area (Å²) in [6.45, 7) is 3.77. The second kappa shape index (κ2) is 5.10. The molecule has 0 saturated heterocycles. The van der Waals surface area contributed by atoms with Gasteiger partial charge in [0.2, 0.25) is 0 Å². The molecule has 1 aromatic rings. The van der Waals surface area contributed by atoms with Crippen molar-refractivity contribution in [3.05, 3.63) is 34.3 Å². The van der Waals surface area contributed by atoms with Gasteiger partial charge in [-0.25, -0.2) is 0 Å². The molecule has 84 valence electrons. The van der Waals surface area contributed by atoms with E-state index in [0.717, 1.165) is 10.0 Å². The summed E-state index contributed by atoms with van der Waals surface area (Å²) in [5, 5.41) is 9.96. The average molecular weight is 273 g/mol. The average Bonchev–Trinajstić information content (AvgIpc) is 2.21. The van der Waals surface area contributed by atoms with Crippen molar-refractivity contribution in [2.24, 2.45) is 0 Å². The van der Waals surface area contributed by atoms with Crippen LogP contribution in [0.4, 0.5) is 0 Å². The van der Waals surface area contributed by atoms with Crippen molar-refractivity contribution in [2.45, 2.75) is 32.0 Å². The van der Waals surface area contributed by atoms with E-state index < -0.39 is 11.7 Å². The number of aliphatic hydroxyl groups is 1. The van der Waals surface area contributed by atoms with Gasteiger partial charge in [0.15, 0.2) is 0 Å². The van der Waals surface area contributed by atoms with E-state index in [-0.39, 0.29) is 0 Å². The van der Waals surface area contributed by atoms with E-state index in [0.29, 0.717) is 6.42 Å². The predicted molar refractivity (Wildman–Crippen MR) is 64.9 cm³/mol. The van der Waals surface area contributed by atoms with Gasteiger partial charge in [0.05, 0.1) is 11.7 Å². The van der Waals surface area contributed by atoms with E-state index in [1.165, 1.54) is 0 Å². The molecule has 15 heavy (non-hydrogen) atoms. The highest BCUT2D eigenvalue weighted by molar-refractivity contribution is 9.10. The Morgan fingerprint density at radius 3 is 2.33 bits per heavy atom. The normalized spacial score (nSPS) is 13.9. The summed E-state index contributed by atoms with van der Waals surface area (Å²) in [6.07, 6.45) is 0.109. The van der Waals surface area contributed by atoms with Crippen molar-refractivity contribution < 1.29 is 9.84 Å². The zero-order valence-corrected chi connectivity index (χ0v) is 10.9. The SMILES string of the molecule is COC(C)(C)C(O)Cc1ccc(Br)cc1. The fraction of sp³-hybridized carbons (Fsp3) is 0.500. The largest absolute Gasteiger partial charge is 0.390 e. The fourth-order valence-corrected chi connectivity index (χ4v) is 1.49. The zero-order valence-electron chi connectivity index (χ0n) is 9.33. The maximum Gasteiger partial charge on any atom is 0.0883 e. The minimum absolute atomic E-state index is 0.497. The van der Waals surface area contributed by atoms with Gasteiger partial charge in [0, 0.05) is 18.0 Å². The van der Waals surface area contributed by atoms with Gasteiger partial charge in [0.25, 0.3) is 0 Å². The molecule has 1 N–H and O–H groups in total. The van der Waals surface area contributed by atoms with E-state index in [4.69, 9.17) is 4.74 Å². The topological polar surface area (TPSA) is 29.5 Å². The number of halogens is 1. The minimum atomic E-state index is -0.507. The van der Waals surface area contributed by atoms with Crippen LogP contribution in [-0.2, 0) is 11.2 Å². The summed E-state index contributed by atoms with van der Waals surface area (Å²) in [5.41, 5.74) is 0.600.